The monoisotopic (exact) mass is 334 g/mol. The van der Waals surface area contributed by atoms with E-state index in [1.807, 2.05) is 24.3 Å². The van der Waals surface area contributed by atoms with Gasteiger partial charge in [-0.15, -0.1) is 0 Å². The van der Waals surface area contributed by atoms with E-state index in [1.165, 1.54) is 6.08 Å². The van der Waals surface area contributed by atoms with Gasteiger partial charge in [-0.1, -0.05) is 18.2 Å². The number of halogens is 2. The first-order chi connectivity index (χ1) is 12.1. The molecule has 1 aliphatic heterocycles. The molecule has 0 saturated carbocycles. The van der Waals surface area contributed by atoms with Crippen molar-refractivity contribution in [2.75, 3.05) is 5.32 Å². The Bertz CT molecular complexity index is 1010. The molecule has 0 saturated heterocycles. The summed E-state index contributed by atoms with van der Waals surface area (Å²) in [7, 11) is 0. The maximum atomic E-state index is 13.9. The van der Waals surface area contributed by atoms with Crippen LogP contribution in [-0.4, -0.2) is 10.9 Å². The Kier molecular flexibility index (Phi) is 3.61. The second kappa shape index (κ2) is 5.94. The largest absolute Gasteiger partial charge is 0.321 e. The number of aromatic nitrogens is 1. The molecule has 0 atom stereocenters. The highest BCUT2D eigenvalue weighted by molar-refractivity contribution is 6.35. The van der Waals surface area contributed by atoms with E-state index in [4.69, 9.17) is 0 Å². The number of amides is 1. The summed E-state index contributed by atoms with van der Waals surface area (Å²) in [6.45, 7) is 0. The lowest BCUT2D eigenvalue weighted by Crippen LogP contribution is -2.03. The third-order valence-electron chi connectivity index (χ3n) is 4.06. The van der Waals surface area contributed by atoms with Gasteiger partial charge in [0.1, 0.15) is 11.6 Å². The standard InChI is InChI=1S/C20H12F2N2O/c21-15-4-6-18(22)14(8-15)9-17-16-5-3-12(10-19(16)24-20(17)25)13-2-1-7-23-11-13/h1-11H,(H,24,25)/b17-9+. The Labute approximate surface area is 142 Å². The Morgan fingerprint density at radius 3 is 2.68 bits per heavy atom. The van der Waals surface area contributed by atoms with Crippen molar-refractivity contribution in [2.24, 2.45) is 0 Å². The molecule has 0 unspecified atom stereocenters. The van der Waals surface area contributed by atoms with Gasteiger partial charge in [0.15, 0.2) is 0 Å². The lowest BCUT2D eigenvalue weighted by Gasteiger charge is -2.04. The number of nitrogens with one attached hydrogen (secondary N) is 1. The van der Waals surface area contributed by atoms with E-state index >= 15 is 0 Å². The van der Waals surface area contributed by atoms with Crippen LogP contribution < -0.4 is 5.32 Å². The summed E-state index contributed by atoms with van der Waals surface area (Å²) in [6.07, 6.45) is 4.79. The number of hydrogen-bond acceptors (Lipinski definition) is 2. The maximum Gasteiger partial charge on any atom is 0.256 e. The minimum Gasteiger partial charge on any atom is -0.321 e. The van der Waals surface area contributed by atoms with Gasteiger partial charge in [0.25, 0.3) is 5.91 Å². The predicted octanol–water partition coefficient (Wildman–Crippen LogP) is 4.52. The average molecular weight is 334 g/mol. The van der Waals surface area contributed by atoms with Crippen LogP contribution in [0, 0.1) is 11.6 Å². The molecule has 3 aromatic rings. The molecule has 1 aromatic heterocycles. The third-order valence-corrected chi connectivity index (χ3v) is 4.06. The number of carbonyl (C=O) groups excluding carboxylic acids is 1. The number of hydrogen-bond donors (Lipinski definition) is 1. The van der Waals surface area contributed by atoms with E-state index in [2.05, 4.69) is 10.3 Å². The maximum absolute atomic E-state index is 13.9. The molecule has 0 fully saturated rings. The SMILES string of the molecule is O=C1Nc2cc(-c3cccnc3)ccc2/C1=C\c1cc(F)ccc1F. The van der Waals surface area contributed by atoms with Gasteiger partial charge in [-0.25, -0.2) is 8.78 Å². The summed E-state index contributed by atoms with van der Waals surface area (Å²) >= 11 is 0. The van der Waals surface area contributed by atoms with Crippen molar-refractivity contribution in [2.45, 2.75) is 0 Å². The molecule has 122 valence electrons. The molecule has 1 amide bonds. The highest BCUT2D eigenvalue weighted by atomic mass is 19.1. The second-order valence-electron chi connectivity index (χ2n) is 5.68. The summed E-state index contributed by atoms with van der Waals surface area (Å²) in [5, 5.41) is 2.77. The van der Waals surface area contributed by atoms with Crippen molar-refractivity contribution in [3.63, 3.8) is 0 Å². The van der Waals surface area contributed by atoms with Crippen LogP contribution in [0.4, 0.5) is 14.5 Å². The minimum atomic E-state index is -0.581. The zero-order valence-corrected chi connectivity index (χ0v) is 13.0. The summed E-state index contributed by atoms with van der Waals surface area (Å²) < 4.78 is 27.2. The van der Waals surface area contributed by atoms with Gasteiger partial charge < -0.3 is 5.32 Å². The molecular formula is C20H12F2N2O. The Morgan fingerprint density at radius 1 is 1.00 bits per heavy atom. The molecule has 1 N–H and O–H groups in total. The first-order valence-corrected chi connectivity index (χ1v) is 7.65. The molecule has 2 aromatic carbocycles. The molecule has 3 nitrogen and oxygen atoms in total. The number of nitrogens with zero attached hydrogens (tertiary/aromatic N) is 1. The van der Waals surface area contributed by atoms with Crippen molar-refractivity contribution in [3.05, 3.63) is 83.7 Å². The first kappa shape index (κ1) is 15.2. The highest BCUT2D eigenvalue weighted by Gasteiger charge is 2.24. The lowest BCUT2D eigenvalue weighted by atomic mass is 10.00. The molecule has 0 bridgehead atoms. The first-order valence-electron chi connectivity index (χ1n) is 7.65. The topological polar surface area (TPSA) is 42.0 Å². The zero-order valence-electron chi connectivity index (χ0n) is 13.0. The molecule has 1 aliphatic rings. The summed E-state index contributed by atoms with van der Waals surface area (Å²) in [5.41, 5.74) is 3.46. The molecule has 2 heterocycles. The minimum absolute atomic E-state index is 0.0364. The fourth-order valence-corrected chi connectivity index (χ4v) is 2.83. The Hall–Kier alpha value is -3.34. The molecule has 5 heteroatoms. The normalized spacial score (nSPS) is 14.5. The number of rotatable bonds is 2. The number of carbonyl (C=O) groups is 1. The van der Waals surface area contributed by atoms with Gasteiger partial charge in [-0.3, -0.25) is 9.78 Å². The van der Waals surface area contributed by atoms with Crippen LogP contribution in [0.25, 0.3) is 22.8 Å². The average Bonchev–Trinajstić information content (AvgIpc) is 2.93. The van der Waals surface area contributed by atoms with E-state index in [0.29, 0.717) is 16.8 Å². The van der Waals surface area contributed by atoms with E-state index in [9.17, 15) is 13.6 Å². The van der Waals surface area contributed by atoms with Gasteiger partial charge in [-0.05, 0) is 42.0 Å². The summed E-state index contributed by atoms with van der Waals surface area (Å²) in [6, 6.07) is 12.4. The van der Waals surface area contributed by atoms with Crippen molar-refractivity contribution >= 4 is 23.2 Å². The number of benzene rings is 2. The van der Waals surface area contributed by atoms with E-state index < -0.39 is 11.6 Å². The van der Waals surface area contributed by atoms with Crippen molar-refractivity contribution in [1.82, 2.24) is 4.98 Å². The zero-order chi connectivity index (χ0) is 17.4. The molecule has 25 heavy (non-hydrogen) atoms. The lowest BCUT2D eigenvalue weighted by molar-refractivity contribution is -0.110. The molecule has 4 rings (SSSR count). The number of fused-ring (bicyclic) bond motifs is 1. The molecule has 0 radical (unpaired) electrons. The Morgan fingerprint density at radius 2 is 1.88 bits per heavy atom. The van der Waals surface area contributed by atoms with Crippen LogP contribution in [-0.2, 0) is 4.79 Å². The van der Waals surface area contributed by atoms with Crippen LogP contribution in [0.2, 0.25) is 0 Å². The summed E-state index contributed by atoms with van der Waals surface area (Å²) in [4.78, 5) is 16.4. The summed E-state index contributed by atoms with van der Waals surface area (Å²) in [5.74, 6) is -1.48. The van der Waals surface area contributed by atoms with Gasteiger partial charge in [0.05, 0.1) is 0 Å². The van der Waals surface area contributed by atoms with E-state index in [-0.39, 0.29) is 11.5 Å². The van der Waals surface area contributed by atoms with E-state index in [0.717, 1.165) is 29.3 Å². The van der Waals surface area contributed by atoms with Gasteiger partial charge in [-0.2, -0.15) is 0 Å². The number of anilines is 1. The second-order valence-corrected chi connectivity index (χ2v) is 5.68. The number of pyridine rings is 1. The van der Waals surface area contributed by atoms with Crippen LogP contribution in [0.3, 0.4) is 0 Å². The molecule has 0 spiro atoms. The van der Waals surface area contributed by atoms with Gasteiger partial charge in [0.2, 0.25) is 0 Å². The van der Waals surface area contributed by atoms with Crippen LogP contribution in [0.5, 0.6) is 0 Å². The quantitative estimate of drug-likeness (QED) is 0.700. The smallest absolute Gasteiger partial charge is 0.256 e. The van der Waals surface area contributed by atoms with Crippen molar-refractivity contribution < 1.29 is 13.6 Å². The predicted molar refractivity (Wildman–Crippen MR) is 92.5 cm³/mol. The fourth-order valence-electron chi connectivity index (χ4n) is 2.83. The van der Waals surface area contributed by atoms with Crippen LogP contribution in [0.15, 0.2) is 60.9 Å². The van der Waals surface area contributed by atoms with Crippen LogP contribution in [0.1, 0.15) is 11.1 Å². The van der Waals surface area contributed by atoms with E-state index in [1.54, 1.807) is 18.5 Å². The fraction of sp³-hybridized carbons (Fsp3) is 0. The van der Waals surface area contributed by atoms with Crippen LogP contribution >= 0.6 is 0 Å². The highest BCUT2D eigenvalue weighted by Crippen LogP contribution is 2.36. The molecule has 0 aliphatic carbocycles. The van der Waals surface area contributed by atoms with Crippen molar-refractivity contribution in [3.8, 4) is 11.1 Å². The van der Waals surface area contributed by atoms with Gasteiger partial charge >= 0.3 is 0 Å². The molecular weight excluding hydrogens is 322 g/mol. The Balaban J connectivity index is 1.78. The van der Waals surface area contributed by atoms with Gasteiger partial charge in [0, 0.05) is 40.3 Å². The third kappa shape index (κ3) is 2.80. The van der Waals surface area contributed by atoms with Crippen molar-refractivity contribution in [1.29, 1.82) is 0 Å².